The van der Waals surface area contributed by atoms with Gasteiger partial charge in [0.2, 0.25) is 11.7 Å². The quantitative estimate of drug-likeness (QED) is 0.381. The van der Waals surface area contributed by atoms with E-state index in [0.29, 0.717) is 41.3 Å². The Labute approximate surface area is 214 Å². The van der Waals surface area contributed by atoms with Crippen LogP contribution in [0.2, 0.25) is 0 Å². The maximum atomic E-state index is 12.9. The number of nitrogens with one attached hydrogen (secondary N) is 2. The minimum Gasteiger partial charge on any atom is -0.481 e. The lowest BCUT2D eigenvalue weighted by molar-refractivity contribution is -0.147. The summed E-state index contributed by atoms with van der Waals surface area (Å²) in [6, 6.07) is 12.7. The molecule has 3 N–H and O–H groups in total. The fourth-order valence-corrected chi connectivity index (χ4v) is 4.56. The molecule has 2 amide bonds. The van der Waals surface area contributed by atoms with Gasteiger partial charge in [-0.3, -0.25) is 14.9 Å². The molecule has 2 aromatic heterocycles. The first-order chi connectivity index (χ1) is 17.7. The zero-order valence-corrected chi connectivity index (χ0v) is 21.0. The third-order valence-corrected chi connectivity index (χ3v) is 6.64. The van der Waals surface area contributed by atoms with Gasteiger partial charge in [-0.2, -0.15) is 0 Å². The monoisotopic (exact) mass is 506 g/mol. The molecule has 0 spiro atoms. The van der Waals surface area contributed by atoms with Gasteiger partial charge < -0.3 is 19.7 Å². The van der Waals surface area contributed by atoms with Crippen LogP contribution in [0.5, 0.6) is 0 Å². The second kappa shape index (κ2) is 11.2. The lowest BCUT2D eigenvalue weighted by Gasteiger charge is -2.27. The number of carbonyl (C=O) groups excluding carboxylic acids is 2. The lowest BCUT2D eigenvalue weighted by Crippen LogP contribution is -2.36. The number of benzene rings is 1. The van der Waals surface area contributed by atoms with Crippen LogP contribution in [0.1, 0.15) is 55.7 Å². The van der Waals surface area contributed by atoms with Crippen molar-refractivity contribution >= 4 is 29.3 Å². The molecular weight excluding hydrogens is 476 g/mol. The number of ether oxygens (including phenoxy) is 1. The molecule has 1 aliphatic rings. The summed E-state index contributed by atoms with van der Waals surface area (Å²) >= 11 is 0. The summed E-state index contributed by atoms with van der Waals surface area (Å²) in [4.78, 5) is 41.6. The first-order valence-corrected chi connectivity index (χ1v) is 12.2. The molecule has 10 heteroatoms. The van der Waals surface area contributed by atoms with Crippen molar-refractivity contribution in [3.05, 3.63) is 59.4 Å². The van der Waals surface area contributed by atoms with Gasteiger partial charge in [0.15, 0.2) is 0 Å². The number of aliphatic carboxylic acids is 1. The predicted octanol–water partition coefficient (Wildman–Crippen LogP) is 5.49. The van der Waals surface area contributed by atoms with E-state index in [1.807, 2.05) is 30.3 Å². The van der Waals surface area contributed by atoms with Crippen LogP contribution in [0.15, 0.2) is 47.0 Å². The Hall–Kier alpha value is -4.21. The van der Waals surface area contributed by atoms with Crippen LogP contribution in [0.4, 0.5) is 16.2 Å². The summed E-state index contributed by atoms with van der Waals surface area (Å²) in [5.74, 6) is -2.28. The van der Waals surface area contributed by atoms with E-state index < -0.39 is 30.0 Å². The van der Waals surface area contributed by atoms with E-state index in [1.165, 1.54) is 0 Å². The van der Waals surface area contributed by atoms with Crippen molar-refractivity contribution in [3.63, 3.8) is 0 Å². The molecule has 3 aromatic rings. The summed E-state index contributed by atoms with van der Waals surface area (Å²) in [5, 5.41) is 19.0. The molecule has 0 saturated heterocycles. The second-order valence-corrected chi connectivity index (χ2v) is 9.21. The van der Waals surface area contributed by atoms with Crippen molar-refractivity contribution < 1.29 is 28.8 Å². The molecule has 1 fully saturated rings. The Morgan fingerprint density at radius 2 is 1.70 bits per heavy atom. The average Bonchev–Trinajstić information content (AvgIpc) is 3.25. The van der Waals surface area contributed by atoms with Crippen molar-refractivity contribution in [2.45, 2.75) is 52.6 Å². The van der Waals surface area contributed by atoms with Crippen molar-refractivity contribution in [2.24, 2.45) is 11.8 Å². The number of carboxylic acids is 1. The third kappa shape index (κ3) is 5.96. The molecule has 4 rings (SSSR count). The van der Waals surface area contributed by atoms with Crippen LogP contribution in [0.3, 0.4) is 0 Å². The lowest BCUT2D eigenvalue weighted by atomic mass is 9.78. The van der Waals surface area contributed by atoms with Crippen LogP contribution in [0, 0.1) is 25.7 Å². The van der Waals surface area contributed by atoms with Gasteiger partial charge in [-0.1, -0.05) is 48.3 Å². The summed E-state index contributed by atoms with van der Waals surface area (Å²) in [7, 11) is 0. The fourth-order valence-electron chi connectivity index (χ4n) is 4.56. The molecule has 0 radical (unpaired) electrons. The number of aryl methyl sites for hydroxylation is 2. The number of carbonyl (C=O) groups is 3. The van der Waals surface area contributed by atoms with E-state index in [4.69, 9.17) is 9.26 Å². The Balaban J connectivity index is 1.47. The topological polar surface area (TPSA) is 144 Å². The number of carboxylic acid groups (broad SMARTS) is 1. The minimum absolute atomic E-state index is 0.251. The van der Waals surface area contributed by atoms with Gasteiger partial charge in [0, 0.05) is 0 Å². The molecule has 0 aliphatic heterocycles. The number of anilines is 2. The Morgan fingerprint density at radius 3 is 2.38 bits per heavy atom. The minimum atomic E-state index is -0.942. The van der Waals surface area contributed by atoms with Crippen LogP contribution >= 0.6 is 0 Å². The molecule has 2 heterocycles. The van der Waals surface area contributed by atoms with Crippen LogP contribution in [-0.2, 0) is 14.3 Å². The smallest absolute Gasteiger partial charge is 0.412 e. The highest BCUT2D eigenvalue weighted by Gasteiger charge is 2.36. The van der Waals surface area contributed by atoms with Crippen LogP contribution in [-0.4, -0.2) is 33.2 Å². The number of hydrogen-bond donors (Lipinski definition) is 3. The molecule has 1 unspecified atom stereocenters. The van der Waals surface area contributed by atoms with Crippen LogP contribution < -0.4 is 10.6 Å². The van der Waals surface area contributed by atoms with Crippen molar-refractivity contribution in [3.8, 4) is 11.5 Å². The molecule has 10 nitrogen and oxygen atoms in total. The molecule has 3 atom stereocenters. The standard InChI is InChI=1S/C27H30N4O6/c1-15-21(29-25(32)19-11-7-8-12-20(19)26(33)34)13-14-22(28-15)24-23(16(2)31-37-24)30-27(35)36-17(3)18-9-5-4-6-10-18/h4-6,9-10,13-14,17,19-20H,7-8,11-12H2,1-3H3,(H,29,32)(H,30,35)(H,33,34)/t17?,19-,20+/m0/s1. The Morgan fingerprint density at radius 1 is 1.00 bits per heavy atom. The van der Waals surface area contributed by atoms with Gasteiger partial charge in [0.1, 0.15) is 23.2 Å². The van der Waals surface area contributed by atoms with E-state index >= 15 is 0 Å². The Kier molecular flexibility index (Phi) is 7.86. The van der Waals surface area contributed by atoms with E-state index in [1.54, 1.807) is 32.9 Å². The number of rotatable bonds is 7. The van der Waals surface area contributed by atoms with E-state index in [-0.39, 0.29) is 11.7 Å². The van der Waals surface area contributed by atoms with E-state index in [0.717, 1.165) is 18.4 Å². The van der Waals surface area contributed by atoms with E-state index in [2.05, 4.69) is 20.8 Å². The van der Waals surface area contributed by atoms with Crippen molar-refractivity contribution in [1.29, 1.82) is 0 Å². The van der Waals surface area contributed by atoms with Crippen molar-refractivity contribution in [2.75, 3.05) is 10.6 Å². The molecule has 1 aliphatic carbocycles. The first kappa shape index (κ1) is 25.9. The number of pyridine rings is 1. The highest BCUT2D eigenvalue weighted by atomic mass is 16.6. The van der Waals surface area contributed by atoms with Gasteiger partial charge in [-0.25, -0.2) is 9.78 Å². The normalized spacial score (nSPS) is 18.0. The molecule has 37 heavy (non-hydrogen) atoms. The maximum Gasteiger partial charge on any atom is 0.412 e. The predicted molar refractivity (Wildman–Crippen MR) is 136 cm³/mol. The van der Waals surface area contributed by atoms with E-state index in [9.17, 15) is 19.5 Å². The maximum absolute atomic E-state index is 12.9. The van der Waals surface area contributed by atoms with Gasteiger partial charge in [0.05, 0.1) is 23.2 Å². The molecule has 194 valence electrons. The summed E-state index contributed by atoms with van der Waals surface area (Å²) in [5.41, 5.74) is 3.04. The second-order valence-electron chi connectivity index (χ2n) is 9.21. The molecule has 0 bridgehead atoms. The number of aromatic nitrogens is 2. The highest BCUT2D eigenvalue weighted by Crippen LogP contribution is 2.33. The Bertz CT molecular complexity index is 1290. The SMILES string of the molecule is Cc1nc(-c2onc(C)c2NC(=O)OC(C)c2ccccc2)ccc1NC(=O)[C@H]1CCCC[C@H]1C(=O)O. The average molecular weight is 507 g/mol. The molecule has 1 aromatic carbocycles. The van der Waals surface area contributed by atoms with Gasteiger partial charge in [-0.15, -0.1) is 0 Å². The third-order valence-electron chi connectivity index (χ3n) is 6.64. The van der Waals surface area contributed by atoms with Crippen molar-refractivity contribution in [1.82, 2.24) is 10.1 Å². The largest absolute Gasteiger partial charge is 0.481 e. The molecule has 1 saturated carbocycles. The number of hydrogen-bond acceptors (Lipinski definition) is 7. The summed E-state index contributed by atoms with van der Waals surface area (Å²) in [6.07, 6.45) is 1.55. The summed E-state index contributed by atoms with van der Waals surface area (Å²) in [6.45, 7) is 5.19. The number of amides is 2. The van der Waals surface area contributed by atoms with Crippen LogP contribution in [0.25, 0.3) is 11.5 Å². The zero-order chi connectivity index (χ0) is 26.5. The first-order valence-electron chi connectivity index (χ1n) is 12.2. The van der Waals surface area contributed by atoms with Gasteiger partial charge in [0.25, 0.3) is 0 Å². The fraction of sp³-hybridized carbons (Fsp3) is 0.370. The highest BCUT2D eigenvalue weighted by molar-refractivity contribution is 5.96. The van der Waals surface area contributed by atoms with Gasteiger partial charge >= 0.3 is 12.1 Å². The summed E-state index contributed by atoms with van der Waals surface area (Å²) < 4.78 is 10.9. The molecular formula is C27H30N4O6. The van der Waals surface area contributed by atoms with Gasteiger partial charge in [-0.05, 0) is 51.3 Å². The number of nitrogens with zero attached hydrogens (tertiary/aromatic N) is 2. The zero-order valence-electron chi connectivity index (χ0n) is 21.0.